The zero-order chi connectivity index (χ0) is 14.7. The number of aliphatic carboxylic acids is 1. The molecule has 108 valence electrons. The number of imide groups is 1. The number of likely N-dealkylation sites (tertiary alicyclic amines) is 1. The van der Waals surface area contributed by atoms with E-state index in [4.69, 9.17) is 5.11 Å². The first-order valence-corrected chi connectivity index (χ1v) is 6.87. The molecule has 1 N–H and O–H groups in total. The summed E-state index contributed by atoms with van der Waals surface area (Å²) in [6, 6.07) is -0.145. The molecule has 5 nitrogen and oxygen atoms in total. The minimum Gasteiger partial charge on any atom is -0.481 e. The Labute approximate surface area is 114 Å². The highest BCUT2D eigenvalue weighted by molar-refractivity contribution is 6.04. The zero-order valence-corrected chi connectivity index (χ0v) is 12.0. The van der Waals surface area contributed by atoms with Crippen LogP contribution in [-0.4, -0.2) is 33.8 Å². The van der Waals surface area contributed by atoms with Gasteiger partial charge >= 0.3 is 5.97 Å². The summed E-state index contributed by atoms with van der Waals surface area (Å²) in [6.45, 7) is 7.09. The van der Waals surface area contributed by atoms with Gasteiger partial charge in [0.05, 0.1) is 5.92 Å². The van der Waals surface area contributed by atoms with Gasteiger partial charge in [0.2, 0.25) is 11.8 Å². The van der Waals surface area contributed by atoms with Crippen LogP contribution in [0.3, 0.4) is 0 Å². The van der Waals surface area contributed by atoms with Crippen molar-refractivity contribution in [3.05, 3.63) is 0 Å². The van der Waals surface area contributed by atoms with Gasteiger partial charge in [0.1, 0.15) is 0 Å². The van der Waals surface area contributed by atoms with Crippen molar-refractivity contribution in [3.8, 4) is 0 Å². The molecule has 1 heterocycles. The van der Waals surface area contributed by atoms with Crippen LogP contribution in [0.1, 0.15) is 47.0 Å². The Balaban J connectivity index is 2.50. The predicted octanol–water partition coefficient (Wildman–Crippen LogP) is 1.91. The summed E-state index contributed by atoms with van der Waals surface area (Å²) in [6.07, 6.45) is 1.93. The lowest BCUT2D eigenvalue weighted by Gasteiger charge is -2.23. The Morgan fingerprint density at radius 3 is 2.05 bits per heavy atom. The summed E-state index contributed by atoms with van der Waals surface area (Å²) in [5, 5.41) is 8.79. The van der Waals surface area contributed by atoms with Crippen LogP contribution in [0.25, 0.3) is 0 Å². The van der Waals surface area contributed by atoms with Crippen LogP contribution < -0.4 is 0 Å². The first-order valence-electron chi connectivity index (χ1n) is 6.87. The summed E-state index contributed by atoms with van der Waals surface area (Å²) in [7, 11) is 0. The lowest BCUT2D eigenvalue weighted by atomic mass is 10.00. The SMILES string of the molecule is CC(CCCC(C)N1C(=O)C(C)C(C)C1=O)C(=O)O. The molecule has 1 saturated heterocycles. The molecule has 0 aromatic heterocycles. The van der Waals surface area contributed by atoms with Crippen LogP contribution in [0.5, 0.6) is 0 Å². The first-order chi connectivity index (χ1) is 8.77. The number of hydrogen-bond donors (Lipinski definition) is 1. The van der Waals surface area contributed by atoms with Crippen LogP contribution >= 0.6 is 0 Å². The van der Waals surface area contributed by atoms with Crippen LogP contribution in [0.2, 0.25) is 0 Å². The second-order valence-electron chi connectivity index (χ2n) is 5.64. The van der Waals surface area contributed by atoms with Crippen molar-refractivity contribution in [1.82, 2.24) is 4.90 Å². The number of rotatable bonds is 6. The molecule has 1 aliphatic rings. The van der Waals surface area contributed by atoms with E-state index in [1.54, 1.807) is 20.8 Å². The van der Waals surface area contributed by atoms with E-state index in [9.17, 15) is 14.4 Å². The number of carboxylic acids is 1. The van der Waals surface area contributed by atoms with Gasteiger partial charge in [0.25, 0.3) is 0 Å². The van der Waals surface area contributed by atoms with Crippen molar-refractivity contribution in [3.63, 3.8) is 0 Å². The minimum atomic E-state index is -0.803. The maximum atomic E-state index is 12.0. The Hall–Kier alpha value is -1.39. The van der Waals surface area contributed by atoms with Gasteiger partial charge in [-0.3, -0.25) is 19.3 Å². The first kappa shape index (κ1) is 15.7. The standard InChI is InChI=1S/C14H23NO4/c1-8(14(18)19)6-5-7-9(2)15-12(16)10(3)11(4)13(15)17/h8-11H,5-7H2,1-4H3,(H,18,19). The molecule has 0 aromatic rings. The fourth-order valence-corrected chi connectivity index (χ4v) is 2.38. The van der Waals surface area contributed by atoms with Gasteiger partial charge in [0.15, 0.2) is 0 Å². The van der Waals surface area contributed by atoms with Gasteiger partial charge in [-0.25, -0.2) is 0 Å². The van der Waals surface area contributed by atoms with Gasteiger partial charge in [-0.2, -0.15) is 0 Å². The molecule has 0 aromatic carbocycles. The molecule has 1 fully saturated rings. The second kappa shape index (κ2) is 6.17. The maximum absolute atomic E-state index is 12.0. The fourth-order valence-electron chi connectivity index (χ4n) is 2.38. The Morgan fingerprint density at radius 1 is 1.16 bits per heavy atom. The molecule has 0 bridgehead atoms. The lowest BCUT2D eigenvalue weighted by molar-refractivity contribution is -0.143. The smallest absolute Gasteiger partial charge is 0.306 e. The van der Waals surface area contributed by atoms with E-state index >= 15 is 0 Å². The van der Waals surface area contributed by atoms with Gasteiger partial charge < -0.3 is 5.11 Å². The highest BCUT2D eigenvalue weighted by Crippen LogP contribution is 2.28. The highest BCUT2D eigenvalue weighted by Gasteiger charge is 2.44. The molecule has 1 aliphatic heterocycles. The maximum Gasteiger partial charge on any atom is 0.306 e. The molecular formula is C14H23NO4. The minimum absolute atomic E-state index is 0.101. The van der Waals surface area contributed by atoms with E-state index in [1.807, 2.05) is 6.92 Å². The van der Waals surface area contributed by atoms with Crippen molar-refractivity contribution in [1.29, 1.82) is 0 Å². The summed E-state index contributed by atoms with van der Waals surface area (Å²) >= 11 is 0. The van der Waals surface area contributed by atoms with E-state index in [2.05, 4.69) is 0 Å². The van der Waals surface area contributed by atoms with Crippen LogP contribution in [-0.2, 0) is 14.4 Å². The highest BCUT2D eigenvalue weighted by atomic mass is 16.4. The number of amides is 2. The van der Waals surface area contributed by atoms with E-state index in [0.717, 1.165) is 0 Å². The van der Waals surface area contributed by atoms with Gasteiger partial charge in [-0.15, -0.1) is 0 Å². The molecule has 0 radical (unpaired) electrons. The van der Waals surface area contributed by atoms with Gasteiger partial charge in [-0.1, -0.05) is 27.2 Å². The third-order valence-corrected chi connectivity index (χ3v) is 4.13. The van der Waals surface area contributed by atoms with E-state index in [-0.39, 0.29) is 35.6 Å². The van der Waals surface area contributed by atoms with Crippen molar-refractivity contribution in [2.45, 2.75) is 53.0 Å². The molecule has 0 aliphatic carbocycles. The fraction of sp³-hybridized carbons (Fsp3) is 0.786. The summed E-state index contributed by atoms with van der Waals surface area (Å²) in [5.41, 5.74) is 0. The molecule has 0 saturated carbocycles. The number of hydrogen-bond acceptors (Lipinski definition) is 3. The molecule has 1 rings (SSSR count). The van der Waals surface area contributed by atoms with Crippen LogP contribution in [0.15, 0.2) is 0 Å². The number of carboxylic acid groups (broad SMARTS) is 1. The van der Waals surface area contributed by atoms with E-state index in [0.29, 0.717) is 19.3 Å². The van der Waals surface area contributed by atoms with Crippen molar-refractivity contribution in [2.75, 3.05) is 0 Å². The van der Waals surface area contributed by atoms with Crippen molar-refractivity contribution >= 4 is 17.8 Å². The van der Waals surface area contributed by atoms with Gasteiger partial charge in [0, 0.05) is 17.9 Å². The largest absolute Gasteiger partial charge is 0.481 e. The Morgan fingerprint density at radius 2 is 1.63 bits per heavy atom. The molecule has 2 amide bonds. The second-order valence-corrected chi connectivity index (χ2v) is 5.64. The lowest BCUT2D eigenvalue weighted by Crippen LogP contribution is -2.38. The van der Waals surface area contributed by atoms with Gasteiger partial charge in [-0.05, 0) is 19.8 Å². The summed E-state index contributed by atoms with van der Waals surface area (Å²) in [4.78, 5) is 36.0. The normalized spacial score (nSPS) is 26.6. The number of carbonyl (C=O) groups excluding carboxylic acids is 2. The quantitative estimate of drug-likeness (QED) is 0.747. The van der Waals surface area contributed by atoms with Crippen LogP contribution in [0.4, 0.5) is 0 Å². The topological polar surface area (TPSA) is 74.7 Å². The number of carbonyl (C=O) groups is 3. The van der Waals surface area contributed by atoms with E-state index < -0.39 is 5.97 Å². The molecule has 4 atom stereocenters. The number of nitrogens with zero attached hydrogens (tertiary/aromatic N) is 1. The predicted molar refractivity (Wildman–Crippen MR) is 70.3 cm³/mol. The zero-order valence-electron chi connectivity index (χ0n) is 12.0. The average Bonchev–Trinajstić information content (AvgIpc) is 2.53. The molecule has 19 heavy (non-hydrogen) atoms. The van der Waals surface area contributed by atoms with Crippen molar-refractivity contribution < 1.29 is 19.5 Å². The molecule has 0 spiro atoms. The average molecular weight is 269 g/mol. The summed E-state index contributed by atoms with van der Waals surface area (Å²) in [5.74, 6) is -1.87. The molecule has 4 unspecified atom stereocenters. The summed E-state index contributed by atoms with van der Waals surface area (Å²) < 4.78 is 0. The molecule has 5 heteroatoms. The van der Waals surface area contributed by atoms with Crippen LogP contribution in [0, 0.1) is 17.8 Å². The van der Waals surface area contributed by atoms with Crippen molar-refractivity contribution in [2.24, 2.45) is 17.8 Å². The van der Waals surface area contributed by atoms with E-state index in [1.165, 1.54) is 4.90 Å². The third kappa shape index (κ3) is 3.33. The Bertz CT molecular complexity index is 360. The third-order valence-electron chi connectivity index (χ3n) is 4.13. The Kier molecular flexibility index (Phi) is 5.09. The molecular weight excluding hydrogens is 246 g/mol. The monoisotopic (exact) mass is 269 g/mol.